The van der Waals surface area contributed by atoms with Crippen LogP contribution in [0.2, 0.25) is 0 Å². The van der Waals surface area contributed by atoms with Crippen molar-refractivity contribution in [3.05, 3.63) is 35.8 Å². The number of carbonyl (C=O) groups excluding carboxylic acids is 2. The SMILES string of the molecule is COC(=O)CNC(=O)Cc1coc2ccc(F)cc12. The fourth-order valence-corrected chi connectivity index (χ4v) is 1.67. The number of fused-ring (bicyclic) bond motifs is 1. The van der Waals surface area contributed by atoms with E-state index >= 15 is 0 Å². The van der Waals surface area contributed by atoms with Crippen LogP contribution >= 0.6 is 0 Å². The molecule has 0 bridgehead atoms. The molecule has 5 nitrogen and oxygen atoms in total. The molecule has 0 radical (unpaired) electrons. The van der Waals surface area contributed by atoms with Gasteiger partial charge in [-0.15, -0.1) is 0 Å². The van der Waals surface area contributed by atoms with Crippen molar-refractivity contribution in [2.24, 2.45) is 0 Å². The van der Waals surface area contributed by atoms with E-state index in [1.807, 2.05) is 0 Å². The van der Waals surface area contributed by atoms with Crippen molar-refractivity contribution in [3.8, 4) is 0 Å². The first-order valence-corrected chi connectivity index (χ1v) is 5.59. The molecule has 0 unspecified atom stereocenters. The summed E-state index contributed by atoms with van der Waals surface area (Å²) in [7, 11) is 1.24. The monoisotopic (exact) mass is 265 g/mol. The standard InChI is InChI=1S/C13H12FNO4/c1-18-13(17)6-15-12(16)4-8-7-19-11-3-2-9(14)5-10(8)11/h2-3,5,7H,4,6H2,1H3,(H,15,16). The summed E-state index contributed by atoms with van der Waals surface area (Å²) in [4.78, 5) is 22.5. The van der Waals surface area contributed by atoms with Crippen molar-refractivity contribution in [1.82, 2.24) is 5.32 Å². The Morgan fingerprint density at radius 1 is 1.42 bits per heavy atom. The third kappa shape index (κ3) is 3.09. The van der Waals surface area contributed by atoms with Crippen LogP contribution in [-0.4, -0.2) is 25.5 Å². The van der Waals surface area contributed by atoms with Crippen LogP contribution in [0.4, 0.5) is 4.39 Å². The van der Waals surface area contributed by atoms with Gasteiger partial charge in [0.2, 0.25) is 5.91 Å². The smallest absolute Gasteiger partial charge is 0.325 e. The number of amides is 1. The molecule has 2 aromatic rings. The number of rotatable bonds is 4. The summed E-state index contributed by atoms with van der Waals surface area (Å²) >= 11 is 0. The summed E-state index contributed by atoms with van der Waals surface area (Å²) in [5, 5.41) is 2.95. The lowest BCUT2D eigenvalue weighted by atomic mass is 10.1. The fraction of sp³-hybridized carbons (Fsp3) is 0.231. The third-order valence-electron chi connectivity index (χ3n) is 2.62. The van der Waals surface area contributed by atoms with Gasteiger partial charge >= 0.3 is 5.97 Å². The van der Waals surface area contributed by atoms with Crippen molar-refractivity contribution in [2.75, 3.05) is 13.7 Å². The van der Waals surface area contributed by atoms with Gasteiger partial charge in [-0.2, -0.15) is 0 Å². The van der Waals surface area contributed by atoms with E-state index < -0.39 is 11.8 Å². The number of hydrogen-bond donors (Lipinski definition) is 1. The van der Waals surface area contributed by atoms with Crippen LogP contribution in [0.3, 0.4) is 0 Å². The number of carbonyl (C=O) groups is 2. The first-order chi connectivity index (χ1) is 9.10. The van der Waals surface area contributed by atoms with Gasteiger partial charge in [-0.25, -0.2) is 4.39 Å². The normalized spacial score (nSPS) is 10.4. The zero-order valence-electron chi connectivity index (χ0n) is 10.2. The molecule has 0 fully saturated rings. The third-order valence-corrected chi connectivity index (χ3v) is 2.62. The lowest BCUT2D eigenvalue weighted by Gasteiger charge is -2.02. The Morgan fingerprint density at radius 3 is 2.95 bits per heavy atom. The molecule has 0 aliphatic carbocycles. The molecule has 0 aliphatic rings. The van der Waals surface area contributed by atoms with Gasteiger partial charge in [0, 0.05) is 10.9 Å². The van der Waals surface area contributed by atoms with Crippen LogP contribution in [0.1, 0.15) is 5.56 Å². The second kappa shape index (κ2) is 5.51. The van der Waals surface area contributed by atoms with Crippen LogP contribution in [0.5, 0.6) is 0 Å². The molecule has 0 saturated heterocycles. The highest BCUT2D eigenvalue weighted by atomic mass is 19.1. The molecule has 0 atom stereocenters. The molecule has 2 rings (SSSR count). The number of benzene rings is 1. The molecule has 0 saturated carbocycles. The maximum atomic E-state index is 13.1. The molecule has 1 heterocycles. The highest BCUT2D eigenvalue weighted by molar-refractivity contribution is 5.89. The first-order valence-electron chi connectivity index (χ1n) is 5.59. The van der Waals surface area contributed by atoms with E-state index in [-0.39, 0.29) is 18.9 Å². The second-order valence-electron chi connectivity index (χ2n) is 3.93. The van der Waals surface area contributed by atoms with Gasteiger partial charge in [-0.05, 0) is 18.2 Å². The lowest BCUT2D eigenvalue weighted by Crippen LogP contribution is -2.31. The summed E-state index contributed by atoms with van der Waals surface area (Å²) in [6.07, 6.45) is 1.41. The van der Waals surface area contributed by atoms with Crippen LogP contribution in [0.15, 0.2) is 28.9 Å². The van der Waals surface area contributed by atoms with E-state index in [1.165, 1.54) is 31.6 Å². The number of furan rings is 1. The van der Waals surface area contributed by atoms with Gasteiger partial charge in [0.1, 0.15) is 17.9 Å². The predicted octanol–water partition coefficient (Wildman–Crippen LogP) is 1.40. The van der Waals surface area contributed by atoms with Gasteiger partial charge < -0.3 is 14.5 Å². The Kier molecular flexibility index (Phi) is 3.79. The Morgan fingerprint density at radius 2 is 2.21 bits per heavy atom. The number of hydrogen-bond acceptors (Lipinski definition) is 4. The number of ether oxygens (including phenoxy) is 1. The summed E-state index contributed by atoms with van der Waals surface area (Å²) in [5.41, 5.74) is 1.08. The minimum atomic E-state index is -0.531. The van der Waals surface area contributed by atoms with Crippen LogP contribution in [-0.2, 0) is 20.7 Å². The molecule has 0 aliphatic heterocycles. The summed E-state index contributed by atoms with van der Waals surface area (Å²) in [6, 6.07) is 4.09. The van der Waals surface area contributed by atoms with E-state index in [4.69, 9.17) is 4.42 Å². The molecule has 19 heavy (non-hydrogen) atoms. The molecule has 1 amide bonds. The number of esters is 1. The molecule has 1 N–H and O–H groups in total. The maximum absolute atomic E-state index is 13.1. The Labute approximate surface area is 108 Å². The summed E-state index contributed by atoms with van der Waals surface area (Å²) in [6.45, 7) is -0.195. The van der Waals surface area contributed by atoms with Crippen molar-refractivity contribution in [2.45, 2.75) is 6.42 Å². The summed E-state index contributed by atoms with van der Waals surface area (Å²) < 4.78 is 22.7. The van der Waals surface area contributed by atoms with Gasteiger partial charge in [-0.3, -0.25) is 9.59 Å². The van der Waals surface area contributed by atoms with Gasteiger partial charge in [0.05, 0.1) is 19.8 Å². The topological polar surface area (TPSA) is 68.5 Å². The average molecular weight is 265 g/mol. The lowest BCUT2D eigenvalue weighted by molar-refractivity contribution is -0.141. The summed E-state index contributed by atoms with van der Waals surface area (Å²) in [5.74, 6) is -1.29. The first kappa shape index (κ1) is 13.1. The Hall–Kier alpha value is -2.37. The predicted molar refractivity (Wildman–Crippen MR) is 64.9 cm³/mol. The maximum Gasteiger partial charge on any atom is 0.325 e. The van der Waals surface area contributed by atoms with Crippen LogP contribution in [0.25, 0.3) is 11.0 Å². The van der Waals surface area contributed by atoms with E-state index in [9.17, 15) is 14.0 Å². The molecule has 100 valence electrons. The van der Waals surface area contributed by atoms with Crippen molar-refractivity contribution >= 4 is 22.8 Å². The average Bonchev–Trinajstić information content (AvgIpc) is 2.78. The Bertz CT molecular complexity index is 620. The molecule has 1 aromatic carbocycles. The van der Waals surface area contributed by atoms with Gasteiger partial charge in [0.15, 0.2) is 0 Å². The fourth-order valence-electron chi connectivity index (χ4n) is 1.67. The van der Waals surface area contributed by atoms with E-state index in [0.717, 1.165) is 0 Å². The van der Waals surface area contributed by atoms with Crippen LogP contribution in [0, 0.1) is 5.82 Å². The number of halogens is 1. The largest absolute Gasteiger partial charge is 0.468 e. The van der Waals surface area contributed by atoms with Crippen LogP contribution < -0.4 is 5.32 Å². The van der Waals surface area contributed by atoms with E-state index in [0.29, 0.717) is 16.5 Å². The zero-order chi connectivity index (χ0) is 13.8. The second-order valence-corrected chi connectivity index (χ2v) is 3.93. The van der Waals surface area contributed by atoms with E-state index in [2.05, 4.69) is 10.1 Å². The van der Waals surface area contributed by atoms with Crippen molar-refractivity contribution in [1.29, 1.82) is 0 Å². The van der Waals surface area contributed by atoms with E-state index in [1.54, 1.807) is 0 Å². The zero-order valence-corrected chi connectivity index (χ0v) is 10.2. The van der Waals surface area contributed by atoms with Crippen molar-refractivity contribution < 1.29 is 23.1 Å². The van der Waals surface area contributed by atoms with Gasteiger partial charge in [0.25, 0.3) is 0 Å². The molecule has 1 aromatic heterocycles. The number of methoxy groups -OCH3 is 1. The number of nitrogens with one attached hydrogen (secondary N) is 1. The molecular formula is C13H12FNO4. The molecule has 6 heteroatoms. The minimum Gasteiger partial charge on any atom is -0.468 e. The quantitative estimate of drug-likeness (QED) is 0.848. The molecule has 0 spiro atoms. The minimum absolute atomic E-state index is 0.00739. The highest BCUT2D eigenvalue weighted by Gasteiger charge is 2.12. The van der Waals surface area contributed by atoms with Crippen molar-refractivity contribution in [3.63, 3.8) is 0 Å². The molecular weight excluding hydrogens is 253 g/mol. The van der Waals surface area contributed by atoms with Gasteiger partial charge in [-0.1, -0.05) is 0 Å². The Balaban J connectivity index is 2.07. The highest BCUT2D eigenvalue weighted by Crippen LogP contribution is 2.22.